The summed E-state index contributed by atoms with van der Waals surface area (Å²) >= 11 is 0. The van der Waals surface area contributed by atoms with Crippen LogP contribution in [0.4, 0.5) is 0 Å². The highest BCUT2D eigenvalue weighted by atomic mass is 16.2. The number of hydrogen-bond donors (Lipinski definition) is 1. The third kappa shape index (κ3) is 5.74. The maximum Gasteiger partial charge on any atom is 0.239 e. The van der Waals surface area contributed by atoms with Crippen LogP contribution in [0.15, 0.2) is 0 Å². The van der Waals surface area contributed by atoms with Gasteiger partial charge in [0, 0.05) is 13.6 Å². The predicted molar refractivity (Wildman–Crippen MR) is 63.6 cm³/mol. The fourth-order valence-corrected chi connectivity index (χ4v) is 1.27. The summed E-state index contributed by atoms with van der Waals surface area (Å²) in [4.78, 5) is 15.6. The van der Waals surface area contributed by atoms with Crippen molar-refractivity contribution in [3.63, 3.8) is 0 Å². The maximum atomic E-state index is 11.7. The number of nitrogens with two attached hydrogens (primary N) is 1. The van der Waals surface area contributed by atoms with Crippen molar-refractivity contribution in [1.29, 1.82) is 0 Å². The van der Waals surface area contributed by atoms with Crippen molar-refractivity contribution in [1.82, 2.24) is 9.80 Å². The third-order valence-electron chi connectivity index (χ3n) is 2.48. The lowest BCUT2D eigenvalue weighted by atomic mass is 10.0. The first-order chi connectivity index (χ1) is 6.86. The van der Waals surface area contributed by atoms with Crippen molar-refractivity contribution in [2.75, 3.05) is 34.2 Å². The summed E-state index contributed by atoms with van der Waals surface area (Å²) in [6, 6.07) is -0.366. The van der Waals surface area contributed by atoms with Gasteiger partial charge in [0.05, 0.1) is 6.04 Å². The number of carbonyl (C=O) groups is 1. The van der Waals surface area contributed by atoms with Crippen LogP contribution < -0.4 is 5.73 Å². The zero-order valence-electron chi connectivity index (χ0n) is 10.7. The van der Waals surface area contributed by atoms with Gasteiger partial charge in [-0.15, -0.1) is 0 Å². The van der Waals surface area contributed by atoms with Crippen molar-refractivity contribution in [2.45, 2.75) is 26.3 Å². The summed E-state index contributed by atoms with van der Waals surface area (Å²) < 4.78 is 0. The average molecular weight is 215 g/mol. The Kier molecular flexibility index (Phi) is 6.52. The van der Waals surface area contributed by atoms with Gasteiger partial charge >= 0.3 is 0 Å². The summed E-state index contributed by atoms with van der Waals surface area (Å²) in [5, 5.41) is 0. The van der Waals surface area contributed by atoms with Gasteiger partial charge in [0.1, 0.15) is 0 Å². The van der Waals surface area contributed by atoms with E-state index >= 15 is 0 Å². The second-order valence-corrected chi connectivity index (χ2v) is 4.69. The van der Waals surface area contributed by atoms with Crippen molar-refractivity contribution in [2.24, 2.45) is 11.7 Å². The number of amides is 1. The van der Waals surface area contributed by atoms with Crippen LogP contribution in [-0.4, -0.2) is 56.0 Å². The monoisotopic (exact) mass is 215 g/mol. The Morgan fingerprint density at radius 1 is 1.20 bits per heavy atom. The van der Waals surface area contributed by atoms with Gasteiger partial charge in [0.2, 0.25) is 5.91 Å². The van der Waals surface area contributed by atoms with Gasteiger partial charge in [0.25, 0.3) is 0 Å². The standard InChI is InChI=1S/C11H25N3O/c1-9(2)10(12)11(15)14(5)8-6-7-13(3)4/h9-10H,6-8,12H2,1-5H3/t10-/m0/s1. The molecule has 0 aromatic heterocycles. The van der Waals surface area contributed by atoms with Crippen molar-refractivity contribution >= 4 is 5.91 Å². The molecule has 0 aliphatic heterocycles. The van der Waals surface area contributed by atoms with E-state index in [1.165, 1.54) is 0 Å². The topological polar surface area (TPSA) is 49.6 Å². The van der Waals surface area contributed by atoms with Crippen LogP contribution in [0.2, 0.25) is 0 Å². The molecular formula is C11H25N3O. The van der Waals surface area contributed by atoms with E-state index < -0.39 is 0 Å². The summed E-state index contributed by atoms with van der Waals surface area (Å²) in [6.45, 7) is 5.71. The van der Waals surface area contributed by atoms with Crippen LogP contribution in [0.3, 0.4) is 0 Å². The molecular weight excluding hydrogens is 190 g/mol. The van der Waals surface area contributed by atoms with Gasteiger partial charge in [0.15, 0.2) is 0 Å². The molecule has 2 N–H and O–H groups in total. The van der Waals surface area contributed by atoms with E-state index in [2.05, 4.69) is 4.90 Å². The molecule has 1 atom stereocenters. The van der Waals surface area contributed by atoms with E-state index in [1.807, 2.05) is 35.0 Å². The minimum atomic E-state index is -0.366. The number of rotatable bonds is 6. The lowest BCUT2D eigenvalue weighted by Gasteiger charge is -2.23. The molecule has 0 bridgehead atoms. The number of hydrogen-bond acceptors (Lipinski definition) is 3. The second kappa shape index (κ2) is 6.80. The lowest BCUT2D eigenvalue weighted by Crippen LogP contribution is -2.45. The van der Waals surface area contributed by atoms with Crippen molar-refractivity contribution < 1.29 is 4.79 Å². The fourth-order valence-electron chi connectivity index (χ4n) is 1.27. The summed E-state index contributed by atoms with van der Waals surface area (Å²) in [7, 11) is 5.88. The first kappa shape index (κ1) is 14.4. The number of carbonyl (C=O) groups excluding carboxylic acids is 1. The molecule has 0 heterocycles. The first-order valence-corrected chi connectivity index (χ1v) is 5.51. The molecule has 4 heteroatoms. The van der Waals surface area contributed by atoms with Gasteiger partial charge in [-0.25, -0.2) is 0 Å². The molecule has 0 aromatic carbocycles. The van der Waals surface area contributed by atoms with E-state index in [4.69, 9.17) is 5.73 Å². The molecule has 0 saturated carbocycles. The minimum Gasteiger partial charge on any atom is -0.344 e. The van der Waals surface area contributed by atoms with Gasteiger partial charge in [-0.1, -0.05) is 13.8 Å². The van der Waals surface area contributed by atoms with E-state index in [-0.39, 0.29) is 17.9 Å². The summed E-state index contributed by atoms with van der Waals surface area (Å²) in [5.74, 6) is 0.248. The molecule has 1 amide bonds. The van der Waals surface area contributed by atoms with Gasteiger partial charge in [-0.3, -0.25) is 4.79 Å². The molecule has 15 heavy (non-hydrogen) atoms. The normalized spacial score (nSPS) is 13.3. The highest BCUT2D eigenvalue weighted by Crippen LogP contribution is 2.02. The molecule has 0 rings (SSSR count). The first-order valence-electron chi connectivity index (χ1n) is 5.51. The SMILES string of the molecule is CC(C)[C@H](N)C(=O)N(C)CCCN(C)C. The van der Waals surface area contributed by atoms with E-state index in [0.29, 0.717) is 0 Å². The van der Waals surface area contributed by atoms with Crippen LogP contribution >= 0.6 is 0 Å². The van der Waals surface area contributed by atoms with E-state index in [0.717, 1.165) is 19.5 Å². The molecule has 0 aromatic rings. The zero-order valence-corrected chi connectivity index (χ0v) is 10.7. The molecule has 0 unspecified atom stereocenters. The fraction of sp³-hybridized carbons (Fsp3) is 0.909. The summed E-state index contributed by atoms with van der Waals surface area (Å²) in [5.41, 5.74) is 5.79. The third-order valence-corrected chi connectivity index (χ3v) is 2.48. The van der Waals surface area contributed by atoms with Crippen molar-refractivity contribution in [3.8, 4) is 0 Å². The molecule has 0 spiro atoms. The van der Waals surface area contributed by atoms with E-state index in [9.17, 15) is 4.79 Å². The Bertz CT molecular complexity index is 192. The number of likely N-dealkylation sites (N-methyl/N-ethyl adjacent to an activating group) is 1. The Balaban J connectivity index is 3.89. The highest BCUT2D eigenvalue weighted by molar-refractivity contribution is 5.81. The Hall–Kier alpha value is -0.610. The van der Waals surface area contributed by atoms with Crippen LogP contribution in [0.1, 0.15) is 20.3 Å². The minimum absolute atomic E-state index is 0.0451. The molecule has 0 fully saturated rings. The maximum absolute atomic E-state index is 11.7. The second-order valence-electron chi connectivity index (χ2n) is 4.69. The Morgan fingerprint density at radius 2 is 1.73 bits per heavy atom. The van der Waals surface area contributed by atoms with E-state index in [1.54, 1.807) is 4.90 Å². The molecule has 0 aliphatic rings. The van der Waals surface area contributed by atoms with Gasteiger partial charge < -0.3 is 15.5 Å². The molecule has 90 valence electrons. The molecule has 4 nitrogen and oxygen atoms in total. The molecule has 0 radical (unpaired) electrons. The van der Waals surface area contributed by atoms with Crippen LogP contribution in [0.5, 0.6) is 0 Å². The zero-order chi connectivity index (χ0) is 12.0. The van der Waals surface area contributed by atoms with Gasteiger partial charge in [-0.05, 0) is 33.0 Å². The quantitative estimate of drug-likeness (QED) is 0.697. The van der Waals surface area contributed by atoms with Crippen LogP contribution in [0, 0.1) is 5.92 Å². The van der Waals surface area contributed by atoms with Crippen LogP contribution in [-0.2, 0) is 4.79 Å². The average Bonchev–Trinajstić information content (AvgIpc) is 2.14. The smallest absolute Gasteiger partial charge is 0.239 e. The Morgan fingerprint density at radius 3 is 2.13 bits per heavy atom. The molecule has 0 saturated heterocycles. The molecule has 0 aliphatic carbocycles. The lowest BCUT2D eigenvalue weighted by molar-refractivity contribution is -0.132. The van der Waals surface area contributed by atoms with Crippen molar-refractivity contribution in [3.05, 3.63) is 0 Å². The van der Waals surface area contributed by atoms with Crippen LogP contribution in [0.25, 0.3) is 0 Å². The summed E-state index contributed by atoms with van der Waals surface area (Å²) in [6.07, 6.45) is 0.986. The largest absolute Gasteiger partial charge is 0.344 e. The number of nitrogens with zero attached hydrogens (tertiary/aromatic N) is 2. The predicted octanol–water partition coefficient (Wildman–Crippen LogP) is 0.380. The highest BCUT2D eigenvalue weighted by Gasteiger charge is 2.20. The Labute approximate surface area is 93.4 Å². The van der Waals surface area contributed by atoms with Gasteiger partial charge in [-0.2, -0.15) is 0 Å².